The normalized spacial score (nSPS) is 12.4. The van der Waals surface area contributed by atoms with Crippen molar-refractivity contribution >= 4 is 23.4 Å². The maximum Gasteiger partial charge on any atom is 0.323 e. The highest BCUT2D eigenvalue weighted by atomic mass is 35.5. The average molecular weight is 316 g/mol. The minimum atomic E-state index is -0.598. The van der Waals surface area contributed by atoms with Crippen LogP contribution in [0, 0.1) is 6.92 Å². The molecule has 118 valence electrons. The first-order chi connectivity index (χ1) is 9.47. The predicted octanol–water partition coefficient (Wildman–Crippen LogP) is 1.32. The van der Waals surface area contributed by atoms with E-state index in [1.807, 2.05) is 26.8 Å². The SMILES string of the molecule is Cc1ccc(OCC(O)CNC(C)C)c2[nH]c(=O)[nH]c12.Cl. The van der Waals surface area contributed by atoms with Gasteiger partial charge in [0.25, 0.3) is 0 Å². The second-order valence-corrected chi connectivity index (χ2v) is 5.24. The van der Waals surface area contributed by atoms with E-state index in [4.69, 9.17) is 4.74 Å². The third kappa shape index (κ3) is 4.49. The van der Waals surface area contributed by atoms with Crippen LogP contribution >= 0.6 is 12.4 Å². The van der Waals surface area contributed by atoms with Gasteiger partial charge in [-0.3, -0.25) is 0 Å². The summed E-state index contributed by atoms with van der Waals surface area (Å²) in [5.41, 5.74) is 2.08. The number of hydrogen-bond donors (Lipinski definition) is 4. The monoisotopic (exact) mass is 315 g/mol. The Balaban J connectivity index is 0.00000220. The van der Waals surface area contributed by atoms with Gasteiger partial charge in [0, 0.05) is 12.6 Å². The fraction of sp³-hybridized carbons (Fsp3) is 0.500. The molecule has 1 aromatic heterocycles. The molecule has 0 bridgehead atoms. The van der Waals surface area contributed by atoms with Crippen molar-refractivity contribution in [3.63, 3.8) is 0 Å². The molecule has 2 aromatic rings. The molecule has 1 unspecified atom stereocenters. The number of hydrogen-bond acceptors (Lipinski definition) is 4. The Hall–Kier alpha value is -1.50. The van der Waals surface area contributed by atoms with Crippen LogP contribution in [0.4, 0.5) is 0 Å². The molecule has 0 fully saturated rings. The van der Waals surface area contributed by atoms with Crippen LogP contribution in [-0.4, -0.2) is 40.4 Å². The second-order valence-electron chi connectivity index (χ2n) is 5.24. The van der Waals surface area contributed by atoms with Gasteiger partial charge in [0.2, 0.25) is 0 Å². The Labute approximate surface area is 129 Å². The number of halogens is 1. The minimum absolute atomic E-state index is 0. The maximum atomic E-state index is 11.4. The quantitative estimate of drug-likeness (QED) is 0.647. The predicted molar refractivity (Wildman–Crippen MR) is 85.5 cm³/mol. The average Bonchev–Trinajstić information content (AvgIpc) is 2.78. The summed E-state index contributed by atoms with van der Waals surface area (Å²) in [5, 5.41) is 13.0. The van der Waals surface area contributed by atoms with Gasteiger partial charge in [-0.25, -0.2) is 4.79 Å². The van der Waals surface area contributed by atoms with E-state index in [2.05, 4.69) is 15.3 Å². The number of benzene rings is 1. The number of aromatic amines is 2. The minimum Gasteiger partial charge on any atom is -0.489 e. The van der Waals surface area contributed by atoms with Gasteiger partial charge in [-0.1, -0.05) is 19.9 Å². The van der Waals surface area contributed by atoms with Crippen LogP contribution < -0.4 is 15.7 Å². The van der Waals surface area contributed by atoms with E-state index >= 15 is 0 Å². The van der Waals surface area contributed by atoms with Gasteiger partial charge >= 0.3 is 5.69 Å². The van der Waals surface area contributed by atoms with Crippen LogP contribution in [0.25, 0.3) is 11.0 Å². The van der Waals surface area contributed by atoms with Crippen molar-refractivity contribution in [2.75, 3.05) is 13.2 Å². The van der Waals surface area contributed by atoms with E-state index in [0.29, 0.717) is 23.9 Å². The van der Waals surface area contributed by atoms with E-state index < -0.39 is 6.10 Å². The molecule has 1 atom stereocenters. The Morgan fingerprint density at radius 3 is 2.62 bits per heavy atom. The van der Waals surface area contributed by atoms with Crippen molar-refractivity contribution in [1.29, 1.82) is 0 Å². The van der Waals surface area contributed by atoms with Crippen LogP contribution in [0.2, 0.25) is 0 Å². The smallest absolute Gasteiger partial charge is 0.323 e. The number of aryl methyl sites for hydroxylation is 1. The van der Waals surface area contributed by atoms with E-state index in [-0.39, 0.29) is 24.7 Å². The van der Waals surface area contributed by atoms with Crippen LogP contribution in [0.15, 0.2) is 16.9 Å². The summed E-state index contributed by atoms with van der Waals surface area (Å²) in [6.45, 7) is 6.59. The highest BCUT2D eigenvalue weighted by Crippen LogP contribution is 2.24. The van der Waals surface area contributed by atoms with Gasteiger partial charge < -0.3 is 25.1 Å². The summed E-state index contributed by atoms with van der Waals surface area (Å²) in [6.07, 6.45) is -0.598. The molecule has 7 heteroatoms. The summed E-state index contributed by atoms with van der Waals surface area (Å²) in [6, 6.07) is 3.99. The zero-order valence-electron chi connectivity index (χ0n) is 12.4. The lowest BCUT2D eigenvalue weighted by molar-refractivity contribution is 0.105. The van der Waals surface area contributed by atoms with E-state index in [9.17, 15) is 9.90 Å². The number of nitrogens with one attached hydrogen (secondary N) is 3. The first-order valence-electron chi connectivity index (χ1n) is 6.73. The van der Waals surface area contributed by atoms with Gasteiger partial charge in [0.05, 0.1) is 5.52 Å². The van der Waals surface area contributed by atoms with Crippen molar-refractivity contribution in [3.05, 3.63) is 28.2 Å². The van der Waals surface area contributed by atoms with Crippen LogP contribution in [-0.2, 0) is 0 Å². The molecule has 0 saturated carbocycles. The molecule has 0 spiro atoms. The van der Waals surface area contributed by atoms with Crippen LogP contribution in [0.1, 0.15) is 19.4 Å². The molecule has 21 heavy (non-hydrogen) atoms. The Kier molecular flexibility index (Phi) is 6.26. The topological polar surface area (TPSA) is 90.1 Å². The standard InChI is InChI=1S/C14H21N3O3.ClH/c1-8(2)15-6-10(18)7-20-11-5-4-9(3)12-13(11)17-14(19)16-12;/h4-5,8,10,15,18H,6-7H2,1-3H3,(H2,16,17,19);1H. The molecule has 0 aliphatic carbocycles. The highest BCUT2D eigenvalue weighted by molar-refractivity contribution is 5.85. The summed E-state index contributed by atoms with van der Waals surface area (Å²) in [5.74, 6) is 0.563. The van der Waals surface area contributed by atoms with Gasteiger partial charge in [-0.05, 0) is 18.6 Å². The first-order valence-corrected chi connectivity index (χ1v) is 6.73. The van der Waals surface area contributed by atoms with Crippen molar-refractivity contribution in [3.8, 4) is 5.75 Å². The van der Waals surface area contributed by atoms with Gasteiger partial charge in [-0.15, -0.1) is 12.4 Å². The number of aliphatic hydroxyl groups excluding tert-OH is 1. The first kappa shape index (κ1) is 17.6. The summed E-state index contributed by atoms with van der Waals surface area (Å²) in [4.78, 5) is 16.8. The lowest BCUT2D eigenvalue weighted by atomic mass is 10.2. The lowest BCUT2D eigenvalue weighted by Gasteiger charge is -2.15. The molecule has 0 amide bonds. The van der Waals surface area contributed by atoms with Gasteiger partial charge in [0.1, 0.15) is 24.0 Å². The Bertz CT molecular complexity index is 636. The van der Waals surface area contributed by atoms with Crippen molar-refractivity contribution in [2.24, 2.45) is 0 Å². The van der Waals surface area contributed by atoms with E-state index in [1.54, 1.807) is 6.07 Å². The Morgan fingerprint density at radius 1 is 1.29 bits per heavy atom. The number of aliphatic hydroxyl groups is 1. The summed E-state index contributed by atoms with van der Waals surface area (Å²) >= 11 is 0. The molecule has 0 saturated heterocycles. The second kappa shape index (κ2) is 7.49. The molecular formula is C14H22ClN3O3. The summed E-state index contributed by atoms with van der Waals surface area (Å²) in [7, 11) is 0. The summed E-state index contributed by atoms with van der Waals surface area (Å²) < 4.78 is 5.60. The molecule has 1 aromatic carbocycles. The molecule has 0 aliphatic heterocycles. The Morgan fingerprint density at radius 2 is 1.95 bits per heavy atom. The molecule has 0 radical (unpaired) electrons. The highest BCUT2D eigenvalue weighted by Gasteiger charge is 2.11. The number of ether oxygens (including phenoxy) is 1. The third-order valence-electron chi connectivity index (χ3n) is 3.05. The van der Waals surface area contributed by atoms with Crippen LogP contribution in [0.5, 0.6) is 5.75 Å². The number of imidazole rings is 1. The fourth-order valence-corrected chi connectivity index (χ4v) is 1.97. The van der Waals surface area contributed by atoms with Crippen LogP contribution in [0.3, 0.4) is 0 Å². The van der Waals surface area contributed by atoms with E-state index in [1.165, 1.54) is 0 Å². The molecule has 2 rings (SSSR count). The number of rotatable bonds is 6. The lowest BCUT2D eigenvalue weighted by Crippen LogP contribution is -2.35. The molecule has 0 aliphatic rings. The maximum absolute atomic E-state index is 11.4. The fourth-order valence-electron chi connectivity index (χ4n) is 1.97. The molecule has 1 heterocycles. The molecule has 4 N–H and O–H groups in total. The van der Waals surface area contributed by atoms with Gasteiger partial charge in [0.15, 0.2) is 0 Å². The molecule has 6 nitrogen and oxygen atoms in total. The largest absolute Gasteiger partial charge is 0.489 e. The van der Waals surface area contributed by atoms with Crippen molar-refractivity contribution in [1.82, 2.24) is 15.3 Å². The molecular weight excluding hydrogens is 294 g/mol. The number of H-pyrrole nitrogens is 2. The zero-order valence-corrected chi connectivity index (χ0v) is 13.2. The third-order valence-corrected chi connectivity index (χ3v) is 3.05. The number of aromatic nitrogens is 2. The van der Waals surface area contributed by atoms with Gasteiger partial charge in [-0.2, -0.15) is 0 Å². The zero-order chi connectivity index (χ0) is 14.7. The van der Waals surface area contributed by atoms with Crippen molar-refractivity contribution in [2.45, 2.75) is 32.9 Å². The van der Waals surface area contributed by atoms with Crippen molar-refractivity contribution < 1.29 is 9.84 Å². The number of fused-ring (bicyclic) bond motifs is 1. The van der Waals surface area contributed by atoms with E-state index in [0.717, 1.165) is 11.1 Å².